The topological polar surface area (TPSA) is 23.8 Å². The van der Waals surface area contributed by atoms with Gasteiger partial charge in [-0.3, -0.25) is 0 Å². The molecule has 0 aliphatic rings. The zero-order valence-electron chi connectivity index (χ0n) is 8.48. The molecule has 1 rings (SSSR count). The maximum Gasteiger partial charge on any atom is 0.0905 e. The fourth-order valence-corrected chi connectivity index (χ4v) is 0.818. The number of rotatable bonds is 2. The quantitative estimate of drug-likeness (QED) is 0.643. The number of benzene rings is 1. The summed E-state index contributed by atoms with van der Waals surface area (Å²) in [5.74, 6) is 0. The van der Waals surface area contributed by atoms with Gasteiger partial charge in [-0.15, -0.1) is 0 Å². The van der Waals surface area contributed by atoms with Crippen molar-refractivity contribution in [3.8, 4) is 6.07 Å². The Kier molecular flexibility index (Phi) is 8.08. The molecule has 0 N–H and O–H groups in total. The van der Waals surface area contributed by atoms with Gasteiger partial charge in [0.25, 0.3) is 0 Å². The third-order valence-electron chi connectivity index (χ3n) is 1.44. The van der Waals surface area contributed by atoms with Crippen LogP contribution in [0.5, 0.6) is 0 Å². The first-order valence-corrected chi connectivity index (χ1v) is 4.57. The molecule has 0 saturated heterocycles. The monoisotopic (exact) mass is 185 g/mol. The minimum absolute atomic E-state index is 1.11. The number of hydrogen-bond acceptors (Lipinski definition) is 1. The highest BCUT2D eigenvalue weighted by Gasteiger charge is 1.78. The van der Waals surface area contributed by atoms with Crippen LogP contribution in [0.15, 0.2) is 49.1 Å². The molecule has 0 amide bonds. The van der Waals surface area contributed by atoms with E-state index in [1.807, 2.05) is 6.07 Å². The maximum absolute atomic E-state index is 7.51. The Morgan fingerprint density at radius 1 is 1.36 bits per heavy atom. The molecule has 0 atom stereocenters. The van der Waals surface area contributed by atoms with Gasteiger partial charge in [0, 0.05) is 6.08 Å². The Balaban J connectivity index is 0.000000364. The van der Waals surface area contributed by atoms with Gasteiger partial charge in [-0.2, -0.15) is 5.26 Å². The second-order valence-corrected chi connectivity index (χ2v) is 2.55. The number of allylic oxidation sites excluding steroid dienone is 2. The van der Waals surface area contributed by atoms with Crippen molar-refractivity contribution in [2.24, 2.45) is 0 Å². The molecule has 0 saturated carbocycles. The molecule has 0 aliphatic heterocycles. The Labute approximate surface area is 86.0 Å². The van der Waals surface area contributed by atoms with Crippen LogP contribution in [-0.2, 0) is 0 Å². The van der Waals surface area contributed by atoms with Crippen LogP contribution < -0.4 is 0 Å². The van der Waals surface area contributed by atoms with Crippen molar-refractivity contribution >= 4 is 6.08 Å². The lowest BCUT2D eigenvalue weighted by Gasteiger charge is -1.88. The van der Waals surface area contributed by atoms with Crippen LogP contribution in [0, 0.1) is 11.3 Å². The van der Waals surface area contributed by atoms with Crippen molar-refractivity contribution in [3.63, 3.8) is 0 Å². The van der Waals surface area contributed by atoms with Crippen molar-refractivity contribution < 1.29 is 0 Å². The lowest BCUT2D eigenvalue weighted by atomic mass is 10.2. The van der Waals surface area contributed by atoms with E-state index in [9.17, 15) is 0 Å². The van der Waals surface area contributed by atoms with Crippen molar-refractivity contribution in [2.75, 3.05) is 0 Å². The van der Waals surface area contributed by atoms with Crippen molar-refractivity contribution in [1.82, 2.24) is 0 Å². The second kappa shape index (κ2) is 9.28. The first-order valence-electron chi connectivity index (χ1n) is 4.57. The number of nitrogens with zero attached hydrogens (tertiary/aromatic N) is 1. The third kappa shape index (κ3) is 6.87. The molecule has 0 aliphatic carbocycles. The lowest BCUT2D eigenvalue weighted by molar-refractivity contribution is 1.23. The summed E-state index contributed by atoms with van der Waals surface area (Å²) in [5, 5.41) is 7.51. The van der Waals surface area contributed by atoms with E-state index >= 15 is 0 Å². The summed E-state index contributed by atoms with van der Waals surface area (Å²) in [4.78, 5) is 0. The minimum Gasteiger partial charge on any atom is -0.193 e. The smallest absolute Gasteiger partial charge is 0.0905 e. The Bertz CT molecular complexity index is 304. The van der Waals surface area contributed by atoms with Gasteiger partial charge in [0.15, 0.2) is 0 Å². The summed E-state index contributed by atoms with van der Waals surface area (Å²) in [6.07, 6.45) is 6.59. The molecule has 0 bridgehead atoms. The molecule has 0 unspecified atom stereocenters. The average Bonchev–Trinajstić information content (AvgIpc) is 2.28. The zero-order valence-corrected chi connectivity index (χ0v) is 8.48. The summed E-state index contributed by atoms with van der Waals surface area (Å²) in [6, 6.07) is 12.0. The van der Waals surface area contributed by atoms with Crippen molar-refractivity contribution in [3.05, 3.63) is 54.6 Å². The maximum atomic E-state index is 7.51. The molecule has 1 nitrogen and oxygen atoms in total. The van der Waals surface area contributed by atoms with Crippen LogP contribution in [0.1, 0.15) is 18.9 Å². The van der Waals surface area contributed by atoms with Crippen LogP contribution in [0.4, 0.5) is 0 Å². The predicted octanol–water partition coefficient (Wildman–Crippen LogP) is 3.81. The van der Waals surface area contributed by atoms with Crippen LogP contribution in [0.2, 0.25) is 0 Å². The van der Waals surface area contributed by atoms with Gasteiger partial charge in [0.05, 0.1) is 6.07 Å². The van der Waals surface area contributed by atoms with E-state index in [0.29, 0.717) is 0 Å². The molecule has 0 radical (unpaired) electrons. The highest BCUT2D eigenvalue weighted by Crippen LogP contribution is 2.00. The van der Waals surface area contributed by atoms with Gasteiger partial charge in [-0.05, 0) is 12.0 Å². The molecular weight excluding hydrogens is 170 g/mol. The van der Waals surface area contributed by atoms with E-state index in [-0.39, 0.29) is 0 Å². The molecular formula is C13H15N. The fourth-order valence-electron chi connectivity index (χ4n) is 0.818. The first kappa shape index (κ1) is 12.2. The fraction of sp³-hybridized carbons (Fsp3) is 0.154. The molecule has 0 heterocycles. The van der Waals surface area contributed by atoms with Crippen LogP contribution in [-0.4, -0.2) is 0 Å². The lowest BCUT2D eigenvalue weighted by Crippen LogP contribution is -1.66. The van der Waals surface area contributed by atoms with Gasteiger partial charge >= 0.3 is 0 Å². The molecule has 1 aromatic rings. The molecule has 0 fully saturated rings. The van der Waals surface area contributed by atoms with E-state index in [1.165, 1.54) is 11.6 Å². The van der Waals surface area contributed by atoms with Crippen LogP contribution in [0.25, 0.3) is 6.08 Å². The van der Waals surface area contributed by atoms with Crippen molar-refractivity contribution in [2.45, 2.75) is 13.3 Å². The highest BCUT2D eigenvalue weighted by atomic mass is 14.2. The third-order valence-corrected chi connectivity index (χ3v) is 1.44. The first-order chi connectivity index (χ1) is 6.85. The number of nitriles is 1. The minimum atomic E-state index is 1.11. The molecule has 0 aromatic heterocycles. The SMILES string of the molecule is C=CC#N.CCC=Cc1ccccc1. The average molecular weight is 185 g/mol. The summed E-state index contributed by atoms with van der Waals surface area (Å²) in [6.45, 7) is 5.26. The van der Waals surface area contributed by atoms with E-state index in [2.05, 4.69) is 49.9 Å². The van der Waals surface area contributed by atoms with E-state index in [0.717, 1.165) is 6.42 Å². The van der Waals surface area contributed by atoms with Gasteiger partial charge in [-0.25, -0.2) is 0 Å². The summed E-state index contributed by atoms with van der Waals surface area (Å²) < 4.78 is 0. The van der Waals surface area contributed by atoms with E-state index < -0.39 is 0 Å². The van der Waals surface area contributed by atoms with Gasteiger partial charge in [0.1, 0.15) is 0 Å². The van der Waals surface area contributed by atoms with E-state index in [1.54, 1.807) is 6.07 Å². The number of hydrogen-bond donors (Lipinski definition) is 0. The molecule has 0 spiro atoms. The normalized spacial score (nSPS) is 8.57. The van der Waals surface area contributed by atoms with Crippen LogP contribution >= 0.6 is 0 Å². The molecule has 72 valence electrons. The standard InChI is InChI=1S/C10H12.C3H3N/c1-2-3-7-10-8-5-4-6-9-10;1-2-3-4/h3-9H,2H2,1H3;2H,1H2. The largest absolute Gasteiger partial charge is 0.193 e. The van der Waals surface area contributed by atoms with Gasteiger partial charge < -0.3 is 0 Å². The van der Waals surface area contributed by atoms with Crippen molar-refractivity contribution in [1.29, 1.82) is 5.26 Å². The highest BCUT2D eigenvalue weighted by molar-refractivity contribution is 5.48. The summed E-state index contributed by atoms with van der Waals surface area (Å²) in [5.41, 5.74) is 1.28. The summed E-state index contributed by atoms with van der Waals surface area (Å²) >= 11 is 0. The molecule has 1 aromatic carbocycles. The predicted molar refractivity (Wildman–Crippen MR) is 61.6 cm³/mol. The molecule has 1 heteroatoms. The Morgan fingerprint density at radius 2 is 1.93 bits per heavy atom. The Hall–Kier alpha value is -1.81. The Morgan fingerprint density at radius 3 is 2.36 bits per heavy atom. The van der Waals surface area contributed by atoms with Crippen LogP contribution in [0.3, 0.4) is 0 Å². The summed E-state index contributed by atoms with van der Waals surface area (Å²) in [7, 11) is 0. The van der Waals surface area contributed by atoms with Gasteiger partial charge in [0.2, 0.25) is 0 Å². The van der Waals surface area contributed by atoms with E-state index in [4.69, 9.17) is 5.26 Å². The van der Waals surface area contributed by atoms with Gasteiger partial charge in [-0.1, -0.05) is 56.0 Å². The zero-order chi connectivity index (χ0) is 10.6. The second-order valence-electron chi connectivity index (χ2n) is 2.55. The molecule has 14 heavy (non-hydrogen) atoms.